The smallest absolute Gasteiger partial charge is 0.387 e. The summed E-state index contributed by atoms with van der Waals surface area (Å²) in [5, 5.41) is 11.2. The molecule has 0 unspecified atom stereocenters. The van der Waals surface area contributed by atoms with E-state index in [1.807, 2.05) is 0 Å². The lowest BCUT2D eigenvalue weighted by Crippen LogP contribution is -2.24. The number of ether oxygens (including phenoxy) is 1. The zero-order valence-electron chi connectivity index (χ0n) is 9.73. The molecular weight excluding hydrogens is 244 g/mol. The maximum Gasteiger partial charge on any atom is 0.387 e. The van der Waals surface area contributed by atoms with Gasteiger partial charge in [0.15, 0.2) is 0 Å². The third kappa shape index (κ3) is 5.09. The van der Waals surface area contributed by atoms with Crippen molar-refractivity contribution >= 4 is 5.91 Å². The van der Waals surface area contributed by atoms with E-state index in [-0.39, 0.29) is 18.3 Å². The fourth-order valence-corrected chi connectivity index (χ4v) is 1.33. The van der Waals surface area contributed by atoms with Crippen molar-refractivity contribution in [3.05, 3.63) is 29.8 Å². The molecular formula is C12H15F2NO3. The molecule has 0 spiro atoms. The number of aliphatic hydroxyl groups is 1. The Bertz CT molecular complexity index is 368. The highest BCUT2D eigenvalue weighted by molar-refractivity contribution is 5.94. The van der Waals surface area contributed by atoms with Gasteiger partial charge >= 0.3 is 6.61 Å². The Hall–Kier alpha value is -1.69. The van der Waals surface area contributed by atoms with E-state index in [0.717, 1.165) is 0 Å². The van der Waals surface area contributed by atoms with Crippen LogP contribution in [0, 0.1) is 0 Å². The molecule has 0 aromatic heterocycles. The van der Waals surface area contributed by atoms with Crippen molar-refractivity contribution in [3.63, 3.8) is 0 Å². The topological polar surface area (TPSA) is 58.6 Å². The molecule has 0 bridgehead atoms. The van der Waals surface area contributed by atoms with E-state index in [2.05, 4.69) is 10.1 Å². The van der Waals surface area contributed by atoms with Crippen LogP contribution in [0.3, 0.4) is 0 Å². The van der Waals surface area contributed by atoms with Crippen LogP contribution in [0.4, 0.5) is 8.78 Å². The lowest BCUT2D eigenvalue weighted by molar-refractivity contribution is -0.0498. The van der Waals surface area contributed by atoms with Gasteiger partial charge in [0.05, 0.1) is 0 Å². The summed E-state index contributed by atoms with van der Waals surface area (Å²) >= 11 is 0. The molecule has 0 atom stereocenters. The Kier molecular flexibility index (Phi) is 6.07. The molecule has 100 valence electrons. The molecule has 0 radical (unpaired) electrons. The van der Waals surface area contributed by atoms with Crippen LogP contribution < -0.4 is 10.1 Å². The van der Waals surface area contributed by atoms with Crippen molar-refractivity contribution in [3.8, 4) is 5.75 Å². The van der Waals surface area contributed by atoms with Gasteiger partial charge in [0.25, 0.3) is 5.91 Å². The predicted octanol–water partition coefficient (Wildman–Crippen LogP) is 1.79. The number of nitrogens with one attached hydrogen (secondary N) is 1. The lowest BCUT2D eigenvalue weighted by atomic mass is 10.2. The zero-order chi connectivity index (χ0) is 13.4. The summed E-state index contributed by atoms with van der Waals surface area (Å²) in [6, 6.07) is 5.46. The maximum absolute atomic E-state index is 11.9. The maximum atomic E-state index is 11.9. The number of carbonyl (C=O) groups is 1. The standard InChI is InChI=1S/C12H15F2NO3/c13-12(14)18-10-5-3-9(4-6-10)11(17)15-7-1-2-8-16/h3-6,12,16H,1-2,7-8H2,(H,15,17). The number of carbonyl (C=O) groups excluding carboxylic acids is 1. The highest BCUT2D eigenvalue weighted by Gasteiger charge is 2.07. The summed E-state index contributed by atoms with van der Waals surface area (Å²) in [7, 11) is 0. The number of unbranched alkanes of at least 4 members (excludes halogenated alkanes) is 1. The number of amides is 1. The number of rotatable bonds is 7. The largest absolute Gasteiger partial charge is 0.435 e. The summed E-state index contributed by atoms with van der Waals surface area (Å²) < 4.78 is 28.0. The second kappa shape index (κ2) is 7.60. The lowest BCUT2D eigenvalue weighted by Gasteiger charge is -2.06. The quantitative estimate of drug-likeness (QED) is 0.734. The van der Waals surface area contributed by atoms with E-state index in [9.17, 15) is 13.6 Å². The SMILES string of the molecule is O=C(NCCCCO)c1ccc(OC(F)F)cc1. The van der Waals surface area contributed by atoms with Crippen LogP contribution in [0.5, 0.6) is 5.75 Å². The normalized spacial score (nSPS) is 10.4. The van der Waals surface area contributed by atoms with Crippen molar-refractivity contribution < 1.29 is 23.4 Å². The number of hydrogen-bond acceptors (Lipinski definition) is 3. The Morgan fingerprint density at radius 3 is 2.50 bits per heavy atom. The van der Waals surface area contributed by atoms with Gasteiger partial charge in [-0.15, -0.1) is 0 Å². The average Bonchev–Trinajstić information content (AvgIpc) is 2.34. The molecule has 0 aliphatic heterocycles. The molecule has 1 aromatic rings. The minimum absolute atomic E-state index is 0.0156. The summed E-state index contributed by atoms with van der Waals surface area (Å²) in [5.41, 5.74) is 0.376. The number of halogens is 2. The molecule has 1 aromatic carbocycles. The van der Waals surface area contributed by atoms with Gasteiger partial charge in [-0.25, -0.2) is 0 Å². The first kappa shape index (κ1) is 14.4. The molecule has 1 rings (SSSR count). The first-order chi connectivity index (χ1) is 8.63. The van der Waals surface area contributed by atoms with E-state index < -0.39 is 6.61 Å². The summed E-state index contributed by atoms with van der Waals surface area (Å²) in [4.78, 5) is 11.6. The number of alkyl halides is 2. The highest BCUT2D eigenvalue weighted by Crippen LogP contribution is 2.14. The third-order valence-corrected chi connectivity index (χ3v) is 2.21. The summed E-state index contributed by atoms with van der Waals surface area (Å²) in [6.45, 7) is -2.31. The molecule has 6 heteroatoms. The fraction of sp³-hybridized carbons (Fsp3) is 0.417. The molecule has 0 aliphatic carbocycles. The molecule has 0 aliphatic rings. The Morgan fingerprint density at radius 2 is 1.94 bits per heavy atom. The van der Waals surface area contributed by atoms with Crippen molar-refractivity contribution in [2.75, 3.05) is 13.2 Å². The minimum Gasteiger partial charge on any atom is -0.435 e. The van der Waals surface area contributed by atoms with Crippen LogP contribution in [0.25, 0.3) is 0 Å². The van der Waals surface area contributed by atoms with E-state index in [0.29, 0.717) is 24.9 Å². The van der Waals surface area contributed by atoms with E-state index in [1.54, 1.807) is 0 Å². The number of hydrogen-bond donors (Lipinski definition) is 2. The van der Waals surface area contributed by atoms with E-state index in [1.165, 1.54) is 24.3 Å². The van der Waals surface area contributed by atoms with Gasteiger partial charge in [0.2, 0.25) is 0 Å². The molecule has 0 heterocycles. The second-order valence-corrected chi connectivity index (χ2v) is 3.59. The summed E-state index contributed by atoms with van der Waals surface area (Å²) in [5.74, 6) is -0.265. The Balaban J connectivity index is 2.43. The highest BCUT2D eigenvalue weighted by atomic mass is 19.3. The monoisotopic (exact) mass is 259 g/mol. The molecule has 1 amide bonds. The second-order valence-electron chi connectivity index (χ2n) is 3.59. The van der Waals surface area contributed by atoms with Crippen LogP contribution in [0.1, 0.15) is 23.2 Å². The van der Waals surface area contributed by atoms with Gasteiger partial charge in [-0.3, -0.25) is 4.79 Å². The van der Waals surface area contributed by atoms with Crippen molar-refractivity contribution in [2.45, 2.75) is 19.5 Å². The Morgan fingerprint density at radius 1 is 1.28 bits per heavy atom. The third-order valence-electron chi connectivity index (χ3n) is 2.21. The molecule has 0 fully saturated rings. The van der Waals surface area contributed by atoms with Crippen LogP contribution in [-0.2, 0) is 0 Å². The van der Waals surface area contributed by atoms with Crippen molar-refractivity contribution in [2.24, 2.45) is 0 Å². The number of aliphatic hydroxyl groups excluding tert-OH is 1. The van der Waals surface area contributed by atoms with E-state index in [4.69, 9.17) is 5.11 Å². The van der Waals surface area contributed by atoms with Gasteiger partial charge in [0, 0.05) is 18.7 Å². The summed E-state index contributed by atoms with van der Waals surface area (Å²) in [6.07, 6.45) is 1.32. The average molecular weight is 259 g/mol. The van der Waals surface area contributed by atoms with Gasteiger partial charge in [-0.05, 0) is 37.1 Å². The Labute approximate surface area is 104 Å². The van der Waals surface area contributed by atoms with Gasteiger partial charge in [-0.1, -0.05) is 0 Å². The molecule has 0 saturated carbocycles. The van der Waals surface area contributed by atoms with Crippen LogP contribution in [0.15, 0.2) is 24.3 Å². The number of benzene rings is 1. The first-order valence-electron chi connectivity index (χ1n) is 5.57. The van der Waals surface area contributed by atoms with Gasteiger partial charge in [-0.2, -0.15) is 8.78 Å². The van der Waals surface area contributed by atoms with Crippen LogP contribution in [-0.4, -0.2) is 30.8 Å². The fourth-order valence-electron chi connectivity index (χ4n) is 1.33. The van der Waals surface area contributed by atoms with Crippen molar-refractivity contribution in [1.29, 1.82) is 0 Å². The molecule has 18 heavy (non-hydrogen) atoms. The predicted molar refractivity (Wildman–Crippen MR) is 61.7 cm³/mol. The minimum atomic E-state index is -2.87. The molecule has 0 saturated heterocycles. The molecule has 4 nitrogen and oxygen atoms in total. The van der Waals surface area contributed by atoms with Gasteiger partial charge in [0.1, 0.15) is 5.75 Å². The van der Waals surface area contributed by atoms with Crippen molar-refractivity contribution in [1.82, 2.24) is 5.32 Å². The zero-order valence-corrected chi connectivity index (χ0v) is 9.73. The van der Waals surface area contributed by atoms with Gasteiger partial charge < -0.3 is 15.2 Å². The first-order valence-corrected chi connectivity index (χ1v) is 5.57. The van der Waals surface area contributed by atoms with Crippen LogP contribution in [0.2, 0.25) is 0 Å². The molecule has 2 N–H and O–H groups in total. The van der Waals surface area contributed by atoms with Crippen LogP contribution >= 0.6 is 0 Å². The van der Waals surface area contributed by atoms with E-state index >= 15 is 0 Å².